The Kier molecular flexibility index (Phi) is 2.13. The summed E-state index contributed by atoms with van der Waals surface area (Å²) in [7, 11) is 3.75. The van der Waals surface area contributed by atoms with Gasteiger partial charge in [-0.2, -0.15) is 0 Å². The molecule has 0 radical (unpaired) electrons. The van der Waals surface area contributed by atoms with E-state index < -0.39 is 10.9 Å². The van der Waals surface area contributed by atoms with Crippen LogP contribution in [-0.2, 0) is 14.1 Å². The van der Waals surface area contributed by atoms with Gasteiger partial charge in [-0.15, -0.1) is 0 Å². The summed E-state index contributed by atoms with van der Waals surface area (Å²) in [6.45, 7) is 0. The largest absolute Gasteiger partial charge is 0.349 e. The summed E-state index contributed by atoms with van der Waals surface area (Å²) in [4.78, 5) is 24.1. The van der Waals surface area contributed by atoms with Gasteiger partial charge in [-0.1, -0.05) is 0 Å². The highest BCUT2D eigenvalue weighted by Gasteiger charge is 2.22. The molecular formula is C14H12N2O2. The van der Waals surface area contributed by atoms with Gasteiger partial charge in [0.15, 0.2) is 0 Å². The second-order valence-electron chi connectivity index (χ2n) is 4.42. The van der Waals surface area contributed by atoms with Crippen molar-refractivity contribution in [1.29, 1.82) is 0 Å². The predicted molar refractivity (Wildman–Crippen MR) is 70.2 cm³/mol. The topological polar surface area (TPSA) is 44.0 Å². The lowest BCUT2D eigenvalue weighted by molar-refractivity contribution is 0.862. The highest BCUT2D eigenvalue weighted by atomic mass is 16.2. The van der Waals surface area contributed by atoms with Crippen molar-refractivity contribution in [2.45, 2.75) is 0 Å². The maximum absolute atomic E-state index is 12.1. The lowest BCUT2D eigenvalue weighted by Crippen LogP contribution is -2.31. The van der Waals surface area contributed by atoms with Gasteiger partial charge in [0.2, 0.25) is 10.9 Å². The van der Waals surface area contributed by atoms with Gasteiger partial charge in [-0.05, 0) is 24.3 Å². The Labute approximate surface area is 103 Å². The lowest BCUT2D eigenvalue weighted by atomic mass is 9.98. The van der Waals surface area contributed by atoms with Crippen LogP contribution >= 0.6 is 0 Å². The fourth-order valence-electron chi connectivity index (χ4n) is 2.42. The molecule has 1 aliphatic carbocycles. The molecule has 0 saturated heterocycles. The number of fused-ring (bicyclic) bond motifs is 3. The average molecular weight is 240 g/mol. The van der Waals surface area contributed by atoms with Gasteiger partial charge >= 0.3 is 0 Å². The number of aryl methyl sites for hydroxylation is 2. The van der Waals surface area contributed by atoms with E-state index in [2.05, 4.69) is 0 Å². The molecule has 18 heavy (non-hydrogen) atoms. The Morgan fingerprint density at radius 3 is 1.56 bits per heavy atom. The molecular weight excluding hydrogens is 228 g/mol. The first-order valence-corrected chi connectivity index (χ1v) is 5.68. The molecule has 0 aromatic heterocycles. The third-order valence-corrected chi connectivity index (χ3v) is 3.28. The second kappa shape index (κ2) is 3.57. The summed E-state index contributed by atoms with van der Waals surface area (Å²) in [6, 6.07) is 6.95. The van der Waals surface area contributed by atoms with Crippen LogP contribution in [0.5, 0.6) is 0 Å². The summed E-state index contributed by atoms with van der Waals surface area (Å²) in [5, 5.41) is 0. The van der Waals surface area contributed by atoms with Crippen molar-refractivity contribution in [2.75, 3.05) is 0 Å². The number of rotatable bonds is 0. The third kappa shape index (κ3) is 1.26. The molecule has 4 nitrogen and oxygen atoms in total. The van der Waals surface area contributed by atoms with Crippen LogP contribution in [0.15, 0.2) is 46.2 Å². The molecule has 0 aromatic rings. The number of nitrogens with zero attached hydrogens (tertiary/aromatic N) is 2. The van der Waals surface area contributed by atoms with Crippen LogP contribution in [0.4, 0.5) is 0 Å². The van der Waals surface area contributed by atoms with Gasteiger partial charge in [-0.3, -0.25) is 9.59 Å². The molecule has 2 aliphatic heterocycles. The van der Waals surface area contributed by atoms with Gasteiger partial charge in [0.25, 0.3) is 0 Å². The van der Waals surface area contributed by atoms with Crippen molar-refractivity contribution in [1.82, 2.24) is 9.13 Å². The second-order valence-corrected chi connectivity index (χ2v) is 4.42. The van der Waals surface area contributed by atoms with Crippen LogP contribution in [-0.4, -0.2) is 9.13 Å². The van der Waals surface area contributed by atoms with E-state index in [-0.39, 0.29) is 0 Å². The fourth-order valence-corrected chi connectivity index (χ4v) is 2.42. The predicted octanol–water partition coefficient (Wildman–Crippen LogP) is 1.29. The number of hydrogen-bond acceptors (Lipinski definition) is 2. The van der Waals surface area contributed by atoms with Gasteiger partial charge in [-0.25, -0.2) is 0 Å². The summed E-state index contributed by atoms with van der Waals surface area (Å²) in [5.41, 5.74) is 1.67. The monoisotopic (exact) mass is 240 g/mol. The minimum absolute atomic E-state index is 0.431. The van der Waals surface area contributed by atoms with Crippen LogP contribution in [0.1, 0.15) is 0 Å². The van der Waals surface area contributed by atoms with E-state index in [1.54, 1.807) is 24.3 Å². The van der Waals surface area contributed by atoms with Crippen LogP contribution < -0.4 is 10.9 Å². The molecule has 3 aliphatic rings. The first kappa shape index (κ1) is 10.8. The first-order chi connectivity index (χ1) is 8.61. The quantitative estimate of drug-likeness (QED) is 0.439. The fraction of sp³-hybridized carbons (Fsp3) is 0.143. The van der Waals surface area contributed by atoms with Crippen LogP contribution in [0.3, 0.4) is 0 Å². The zero-order valence-corrected chi connectivity index (χ0v) is 10.2. The van der Waals surface area contributed by atoms with Crippen molar-refractivity contribution < 1.29 is 0 Å². The average Bonchev–Trinajstić information content (AvgIpc) is 2.36. The Balaban J connectivity index is 2.70. The van der Waals surface area contributed by atoms with E-state index in [0.717, 1.165) is 11.4 Å². The molecule has 0 bridgehead atoms. The van der Waals surface area contributed by atoms with Crippen molar-refractivity contribution in [3.05, 3.63) is 57.1 Å². The Bertz CT molecular complexity index is 730. The van der Waals surface area contributed by atoms with Crippen LogP contribution in [0.2, 0.25) is 0 Å². The molecule has 3 rings (SSSR count). The van der Waals surface area contributed by atoms with E-state index in [9.17, 15) is 9.59 Å². The van der Waals surface area contributed by atoms with Crippen molar-refractivity contribution in [3.8, 4) is 22.5 Å². The molecule has 0 unspecified atom stereocenters. The smallest absolute Gasteiger partial charge is 0.235 e. The highest BCUT2D eigenvalue weighted by molar-refractivity contribution is 5.81. The minimum Gasteiger partial charge on any atom is -0.349 e. The van der Waals surface area contributed by atoms with E-state index in [1.807, 2.05) is 35.6 Å². The zero-order valence-electron chi connectivity index (χ0n) is 10.2. The molecule has 2 heterocycles. The molecule has 0 atom stereocenters. The Morgan fingerprint density at radius 1 is 0.778 bits per heavy atom. The molecule has 90 valence electrons. The number of pyridine rings is 2. The van der Waals surface area contributed by atoms with Gasteiger partial charge in [0.1, 0.15) is 0 Å². The summed E-state index contributed by atoms with van der Waals surface area (Å²) in [6.07, 6.45) is 3.75. The lowest BCUT2D eigenvalue weighted by Gasteiger charge is -2.19. The normalized spacial score (nSPS) is 11.2. The maximum Gasteiger partial charge on any atom is 0.235 e. The van der Waals surface area contributed by atoms with Gasteiger partial charge in [0, 0.05) is 26.5 Å². The van der Waals surface area contributed by atoms with Gasteiger partial charge in [0.05, 0.1) is 22.5 Å². The SMILES string of the molecule is Cn1cccc2c(=O)c(=O)c3cccn(C)c-3c1-2. The van der Waals surface area contributed by atoms with E-state index in [1.165, 1.54) is 0 Å². The molecule has 0 saturated carbocycles. The van der Waals surface area contributed by atoms with E-state index >= 15 is 0 Å². The maximum atomic E-state index is 12.1. The third-order valence-electron chi connectivity index (χ3n) is 3.28. The standard InChI is InChI=1S/C14H12N2O2/c1-15-7-3-5-9-11(15)12-10(14(18)13(9)17)6-4-8-16(12)2/h3-8H,1-2H3. The molecule has 0 aromatic carbocycles. The number of hydrogen-bond donors (Lipinski definition) is 0. The molecule has 4 heteroatoms. The molecule has 0 amide bonds. The molecule has 0 fully saturated rings. The minimum atomic E-state index is -0.431. The number of benzene rings is 1. The van der Waals surface area contributed by atoms with Crippen LogP contribution in [0, 0.1) is 0 Å². The van der Waals surface area contributed by atoms with E-state index in [0.29, 0.717) is 11.1 Å². The van der Waals surface area contributed by atoms with Gasteiger partial charge < -0.3 is 9.13 Å². The molecule has 0 N–H and O–H groups in total. The van der Waals surface area contributed by atoms with Crippen molar-refractivity contribution in [2.24, 2.45) is 14.1 Å². The first-order valence-electron chi connectivity index (χ1n) is 5.68. The van der Waals surface area contributed by atoms with Crippen molar-refractivity contribution >= 4 is 0 Å². The Hall–Kier alpha value is -2.36. The summed E-state index contributed by atoms with van der Waals surface area (Å²) in [5.74, 6) is 0. The zero-order chi connectivity index (χ0) is 12.9. The highest BCUT2D eigenvalue weighted by Crippen LogP contribution is 2.29. The van der Waals surface area contributed by atoms with Crippen molar-refractivity contribution in [3.63, 3.8) is 0 Å². The molecule has 0 spiro atoms. The number of aromatic nitrogens is 2. The van der Waals surface area contributed by atoms with Crippen LogP contribution in [0.25, 0.3) is 22.5 Å². The van der Waals surface area contributed by atoms with E-state index in [4.69, 9.17) is 0 Å². The Morgan fingerprint density at radius 2 is 1.17 bits per heavy atom. The summed E-state index contributed by atoms with van der Waals surface area (Å²) < 4.78 is 3.75. The summed E-state index contributed by atoms with van der Waals surface area (Å²) >= 11 is 0.